The van der Waals surface area contributed by atoms with E-state index in [0.29, 0.717) is 56.8 Å². The molecule has 5 rings (SSSR count). The molecule has 0 aliphatic rings. The van der Waals surface area contributed by atoms with Gasteiger partial charge in [0.25, 0.3) is 10.8 Å². The van der Waals surface area contributed by atoms with E-state index >= 15 is 0 Å². The Balaban J connectivity index is -0.000000294. The highest BCUT2D eigenvalue weighted by Crippen LogP contribution is 2.22. The number of nitro groups is 1. The molecule has 26 nitrogen and oxygen atoms in total. The Labute approximate surface area is 506 Å². The van der Waals surface area contributed by atoms with E-state index in [-0.39, 0.29) is 27.1 Å². The number of alkyl halides is 1. The maximum atomic E-state index is 10.4. The lowest BCUT2D eigenvalue weighted by Gasteiger charge is -2.10. The number of esters is 2. The van der Waals surface area contributed by atoms with Gasteiger partial charge in [-0.05, 0) is 65.7 Å². The summed E-state index contributed by atoms with van der Waals surface area (Å²) in [7, 11) is 6.68. The number of ether oxygens (including phenoxy) is 8. The van der Waals surface area contributed by atoms with Crippen LogP contribution in [-0.2, 0) is 45.6 Å². The van der Waals surface area contributed by atoms with Crippen molar-refractivity contribution >= 4 is 29.2 Å². The fourth-order valence-electron chi connectivity index (χ4n) is 5.99. The van der Waals surface area contributed by atoms with Gasteiger partial charge in [0.05, 0.1) is 53.5 Å². The summed E-state index contributed by atoms with van der Waals surface area (Å²) >= 11 is 5.75. The van der Waals surface area contributed by atoms with Crippen molar-refractivity contribution < 1.29 is 97.6 Å². The van der Waals surface area contributed by atoms with Crippen LogP contribution in [0.4, 0.5) is 5.69 Å². The number of aliphatic hydroxyl groups excluding tert-OH is 1. The molecule has 27 heteroatoms. The number of aryl methyl sites for hydroxylation is 2. The molecule has 0 saturated heterocycles. The first kappa shape index (κ1) is 86.2. The van der Waals surface area contributed by atoms with Gasteiger partial charge in [0.1, 0.15) is 17.2 Å². The quantitative estimate of drug-likeness (QED) is 0.00669. The molecular formula is C58H97ClN7O19+3. The summed E-state index contributed by atoms with van der Waals surface area (Å²) in [6.45, 7) is 24.3. The molecular weight excluding hydrogens is 1130 g/mol. The summed E-state index contributed by atoms with van der Waals surface area (Å²) in [4.78, 5) is 46.4. The minimum Gasteiger partial charge on any atom is -0.493 e. The van der Waals surface area contributed by atoms with Crippen LogP contribution in [0, 0.1) is 75.6 Å². The monoisotopic (exact) mass is 1230 g/mol. The van der Waals surface area contributed by atoms with Crippen LogP contribution >= 0.6 is 11.6 Å². The fourth-order valence-corrected chi connectivity index (χ4v) is 6.26. The van der Waals surface area contributed by atoms with Crippen LogP contribution in [0.5, 0.6) is 17.2 Å². The minimum atomic E-state index is -1.50. The number of carbonyl (C=O) groups is 2. The lowest BCUT2D eigenvalue weighted by molar-refractivity contribution is -0.909. The molecule has 5 aromatic heterocycles. The van der Waals surface area contributed by atoms with Crippen LogP contribution in [0.2, 0.25) is 0 Å². The molecule has 482 valence electrons. The number of aliphatic hydroxyl groups is 1. The normalized spacial score (nSPS) is 9.42. The third-order valence-electron chi connectivity index (χ3n) is 11.0. The number of pyridine rings is 5. The predicted octanol–water partition coefficient (Wildman–Crippen LogP) is 8.76. The van der Waals surface area contributed by atoms with E-state index < -0.39 is 21.9 Å². The second-order valence-corrected chi connectivity index (χ2v) is 17.4. The van der Waals surface area contributed by atoms with Crippen molar-refractivity contribution in [3.63, 3.8) is 0 Å². The molecule has 5 N–H and O–H groups in total. The van der Waals surface area contributed by atoms with Crippen molar-refractivity contribution in [1.82, 2.24) is 9.97 Å². The van der Waals surface area contributed by atoms with E-state index in [1.807, 2.05) is 58.9 Å². The zero-order valence-electron chi connectivity index (χ0n) is 50.7. The van der Waals surface area contributed by atoms with Gasteiger partial charge in [0.2, 0.25) is 35.7 Å². The number of carbonyl (C=O) groups excluding carboxylic acids is 2. The van der Waals surface area contributed by atoms with Crippen LogP contribution in [0.15, 0.2) is 67.4 Å². The van der Waals surface area contributed by atoms with Gasteiger partial charge < -0.3 is 48.2 Å². The molecule has 0 spiro atoms. The molecule has 0 amide bonds. The number of hydrogen-bond donors (Lipinski definition) is 5. The van der Waals surface area contributed by atoms with E-state index in [9.17, 15) is 24.9 Å². The lowest BCUT2D eigenvalue weighted by atomic mass is 10.1. The Hall–Kier alpha value is -7.62. The van der Waals surface area contributed by atoms with Gasteiger partial charge in [-0.1, -0.05) is 21.8 Å². The van der Waals surface area contributed by atoms with Crippen LogP contribution in [0.25, 0.3) is 0 Å². The standard InChI is InChI=1S/C12H19NO2.C11H16ClNO2.C11H18NO3.C7H9N2O3.C7H10NO.C4H6O3.C4H10O2.2CH4.HNO3/c1-4-11-10(2)12(6-7-13-11)15-9-5-8-14-3;1-9-10(8-12)13-5-4-11(9)15-7-3-6-14-2;1-9-10(2)12(13)6-5-11(9)15-8-4-7-14-3;1-5-6(2)8(10)4-3-7(5)9(11)12;1-6-4-3-5-8(9)7(6)2;1-3(5)7-4(2)6;1-6-4-2-3-5;;;2-1(3)4/h6-7H,4-5,8-9H2,1-3H3;4-5H,3,6-8H2,1-2H3;5-6,13H,4,7-8H2,1-3H3;3-4,10H,1-2H3;3-5,9H,1-2H3;1-2H3;5H,2-4H2,1H3;2*1H4;(H,2,3,4)/q;;3*+1;;;;;. The molecule has 0 aliphatic heterocycles. The molecule has 0 radical (unpaired) electrons. The third-order valence-corrected chi connectivity index (χ3v) is 11.2. The van der Waals surface area contributed by atoms with Crippen LogP contribution in [0.3, 0.4) is 0 Å². The summed E-state index contributed by atoms with van der Waals surface area (Å²) in [6.07, 6.45) is 12.3. The van der Waals surface area contributed by atoms with Crippen molar-refractivity contribution in [2.45, 2.75) is 129 Å². The average Bonchev–Trinajstić information content (AvgIpc) is 3.64. The number of halogens is 1. The third kappa shape index (κ3) is 41.1. The van der Waals surface area contributed by atoms with Crippen molar-refractivity contribution in [2.24, 2.45) is 0 Å². The van der Waals surface area contributed by atoms with Gasteiger partial charge in [-0.15, -0.1) is 21.7 Å². The molecule has 0 aliphatic carbocycles. The Morgan fingerprint density at radius 3 is 1.28 bits per heavy atom. The van der Waals surface area contributed by atoms with E-state index in [1.54, 1.807) is 73.1 Å². The van der Waals surface area contributed by atoms with Crippen LogP contribution in [0.1, 0.15) is 118 Å². The average molecular weight is 1230 g/mol. The number of methoxy groups -OCH3 is 4. The van der Waals surface area contributed by atoms with Crippen molar-refractivity contribution in [3.05, 3.63) is 144 Å². The molecule has 0 aromatic carbocycles. The second kappa shape index (κ2) is 53.1. The van der Waals surface area contributed by atoms with Gasteiger partial charge in [0, 0.05) is 176 Å². The molecule has 5 aromatic rings. The molecule has 0 saturated carbocycles. The highest BCUT2D eigenvalue weighted by atomic mass is 35.5. The summed E-state index contributed by atoms with van der Waals surface area (Å²) in [5.41, 5.74) is 8.86. The minimum absolute atomic E-state index is 0. The van der Waals surface area contributed by atoms with E-state index in [2.05, 4.69) is 33.3 Å². The number of hydrogen-bond acceptors (Lipinski definition) is 20. The predicted molar refractivity (Wildman–Crippen MR) is 318 cm³/mol. The van der Waals surface area contributed by atoms with E-state index in [1.165, 1.54) is 26.1 Å². The maximum Gasteiger partial charge on any atom is 0.310 e. The first-order valence-corrected chi connectivity index (χ1v) is 26.5. The first-order valence-electron chi connectivity index (χ1n) is 25.9. The summed E-state index contributed by atoms with van der Waals surface area (Å²) < 4.78 is 43.3. The lowest BCUT2D eigenvalue weighted by Crippen LogP contribution is -2.34. The van der Waals surface area contributed by atoms with E-state index in [4.69, 9.17) is 70.9 Å². The SMILES string of the molecule is C.C.CC(=O)OC(C)=O.CCc1nccc(OCCCOC)c1C.COCCCO.COCCCOc1cc[n+](O)c(C)c1C.COCCCOc1ccnc(CCl)c1C.Cc1c([N+](=O)[O-])cc[n+](O)c1C.Cc1ccc[n+](O)c1C.O=[N+]([O-])O. The molecule has 0 bridgehead atoms. The Bertz CT molecular complexity index is 2520. The van der Waals surface area contributed by atoms with Gasteiger partial charge in [-0.3, -0.25) is 45.3 Å². The molecule has 0 atom stereocenters. The Morgan fingerprint density at radius 1 is 0.565 bits per heavy atom. The van der Waals surface area contributed by atoms with Gasteiger partial charge >= 0.3 is 11.9 Å². The molecule has 0 fully saturated rings. The van der Waals surface area contributed by atoms with Gasteiger partial charge in [-0.25, -0.2) is 0 Å². The van der Waals surface area contributed by atoms with Gasteiger partial charge in [-0.2, -0.15) is 0 Å². The topological polar surface area (TPSA) is 333 Å². The zero-order valence-corrected chi connectivity index (χ0v) is 51.5. The highest BCUT2D eigenvalue weighted by molar-refractivity contribution is 6.17. The largest absolute Gasteiger partial charge is 0.493 e. The van der Waals surface area contributed by atoms with E-state index in [0.717, 1.165) is 115 Å². The summed E-state index contributed by atoms with van der Waals surface area (Å²) in [5, 5.41) is 59.6. The Kier molecular flexibility index (Phi) is 53.9. The fraction of sp³-hybridized carbons (Fsp3) is 0.534. The van der Waals surface area contributed by atoms with Gasteiger partial charge in [0.15, 0.2) is 0 Å². The van der Waals surface area contributed by atoms with Crippen LogP contribution in [-0.4, -0.2) is 139 Å². The Morgan fingerprint density at radius 2 is 0.941 bits per heavy atom. The zero-order chi connectivity index (χ0) is 63.9. The first-order chi connectivity index (χ1) is 39.3. The number of nitrogens with zero attached hydrogens (tertiary/aromatic N) is 7. The molecule has 5 heterocycles. The molecule has 0 unspecified atom stereocenters. The summed E-state index contributed by atoms with van der Waals surface area (Å²) in [6, 6.07) is 10.6. The number of aromatic nitrogens is 5. The van der Waals surface area contributed by atoms with Crippen molar-refractivity contribution in [1.29, 1.82) is 0 Å². The van der Waals surface area contributed by atoms with Crippen molar-refractivity contribution in [3.8, 4) is 17.2 Å². The molecule has 85 heavy (non-hydrogen) atoms. The van der Waals surface area contributed by atoms with Crippen molar-refractivity contribution in [2.75, 3.05) is 81.3 Å². The summed E-state index contributed by atoms with van der Waals surface area (Å²) in [5.74, 6) is 1.91. The smallest absolute Gasteiger partial charge is 0.310 e. The highest BCUT2D eigenvalue weighted by Gasteiger charge is 2.20. The maximum absolute atomic E-state index is 10.4. The number of rotatable bonds is 21. The van der Waals surface area contributed by atoms with Crippen LogP contribution < -0.4 is 28.4 Å². The second-order valence-electron chi connectivity index (χ2n) is 17.1.